The fourth-order valence-electron chi connectivity index (χ4n) is 4.15. The van der Waals surface area contributed by atoms with Gasteiger partial charge in [-0.15, -0.1) is 6.61 Å². The van der Waals surface area contributed by atoms with Crippen LogP contribution in [0.1, 0.15) is 149 Å². The molecule has 0 saturated carbocycles. The zero-order valence-electron chi connectivity index (χ0n) is 27.0. The minimum Gasteiger partial charge on any atom is -0.870 e. The second kappa shape index (κ2) is 32.9. The first kappa shape index (κ1) is 42.9. The summed E-state index contributed by atoms with van der Waals surface area (Å²) in [6.07, 6.45) is 28.8. The van der Waals surface area contributed by atoms with Crippen LogP contribution in [0.5, 0.6) is 0 Å². The van der Waals surface area contributed by atoms with Crippen LogP contribution in [0.3, 0.4) is 0 Å². The van der Waals surface area contributed by atoms with Crippen LogP contribution in [0.25, 0.3) is 0 Å². The number of nitrogens with zero attached hydrogens (tertiary/aromatic N) is 2. The van der Waals surface area contributed by atoms with Gasteiger partial charge < -0.3 is 19.5 Å². The summed E-state index contributed by atoms with van der Waals surface area (Å²) in [6.45, 7) is 8.80. The Morgan fingerprint density at radius 1 is 0.361 bits per heavy atom. The van der Waals surface area contributed by atoms with Crippen molar-refractivity contribution in [3.8, 4) is 0 Å². The summed E-state index contributed by atoms with van der Waals surface area (Å²) in [7, 11) is 13.7. The average Bonchev–Trinajstić information content (AvgIpc) is 2.76. The summed E-state index contributed by atoms with van der Waals surface area (Å²) in [5.74, 6) is 0. The largest absolute Gasteiger partial charge is 0.870 e. The molecule has 1 N–H and O–H groups in total. The zero-order valence-corrected chi connectivity index (χ0v) is 27.0. The maximum atomic E-state index is 8.93. The van der Waals surface area contributed by atoms with Crippen LogP contribution in [0.2, 0.25) is 0 Å². The van der Waals surface area contributed by atoms with Crippen molar-refractivity contribution in [2.24, 2.45) is 0 Å². The van der Waals surface area contributed by atoms with Gasteiger partial charge in [-0.25, -0.2) is 0 Å². The SMILES string of the molecule is CCCCCCCCCCCC[N+](C)(C)C.CCCCCCCCCCCC[N+](C)(C)C.CC[O-].[OH-]. The Bertz CT molecular complexity index is 328. The highest BCUT2D eigenvalue weighted by molar-refractivity contribution is 4.48. The molecule has 4 heteroatoms. The Morgan fingerprint density at radius 2 is 0.528 bits per heavy atom. The molecule has 0 fully saturated rings. The summed E-state index contributed by atoms with van der Waals surface area (Å²) in [4.78, 5) is 0. The molecule has 0 bridgehead atoms. The summed E-state index contributed by atoms with van der Waals surface area (Å²) < 4.78 is 2.24. The Balaban J connectivity index is -0.000000250. The fourth-order valence-corrected chi connectivity index (χ4v) is 4.15. The highest BCUT2D eigenvalue weighted by atomic mass is 16.2. The molecule has 0 atom stereocenters. The number of quaternary nitrogens is 2. The molecule has 0 aromatic carbocycles. The lowest BCUT2D eigenvalue weighted by Gasteiger charge is -2.23. The molecule has 0 aliphatic heterocycles. The van der Waals surface area contributed by atoms with Gasteiger partial charge in [0.2, 0.25) is 0 Å². The van der Waals surface area contributed by atoms with Crippen LogP contribution in [-0.4, -0.2) is 76.4 Å². The van der Waals surface area contributed by atoms with Gasteiger partial charge in [0.15, 0.2) is 0 Å². The van der Waals surface area contributed by atoms with Crippen LogP contribution in [0.15, 0.2) is 0 Å². The van der Waals surface area contributed by atoms with E-state index in [0.29, 0.717) is 0 Å². The zero-order chi connectivity index (χ0) is 27.3. The molecule has 0 spiro atoms. The van der Waals surface area contributed by atoms with E-state index in [0.717, 1.165) is 8.97 Å². The topological polar surface area (TPSA) is 53.1 Å². The standard InChI is InChI=1S/2C15H34N.C2H5O.H2O/c2*1-5-6-7-8-9-10-11-12-13-14-15-16(2,3)4;1-2-3;/h2*5-15H2,1-4H3;2H2,1H3;1H2/q2*+1;-1;/p-1. The van der Waals surface area contributed by atoms with E-state index < -0.39 is 0 Å². The van der Waals surface area contributed by atoms with Crippen molar-refractivity contribution in [1.82, 2.24) is 0 Å². The predicted octanol–water partition coefficient (Wildman–Crippen LogP) is 8.42. The van der Waals surface area contributed by atoms with E-state index in [1.54, 1.807) is 6.92 Å². The van der Waals surface area contributed by atoms with Crippen molar-refractivity contribution in [3.05, 3.63) is 0 Å². The van der Waals surface area contributed by atoms with Crippen LogP contribution < -0.4 is 5.11 Å². The Labute approximate surface area is 230 Å². The molecule has 0 aromatic rings. The van der Waals surface area contributed by atoms with Crippen molar-refractivity contribution in [2.75, 3.05) is 62.0 Å². The lowest BCUT2D eigenvalue weighted by Crippen LogP contribution is -2.35. The van der Waals surface area contributed by atoms with E-state index in [-0.39, 0.29) is 12.1 Å². The van der Waals surface area contributed by atoms with Gasteiger partial charge in [0.1, 0.15) is 0 Å². The van der Waals surface area contributed by atoms with Gasteiger partial charge in [0.05, 0.1) is 55.4 Å². The molecular formula is C32H74N2O2. The summed E-state index contributed by atoms with van der Waals surface area (Å²) in [5, 5.41) is 8.93. The van der Waals surface area contributed by atoms with Crippen LogP contribution in [0, 0.1) is 0 Å². The summed E-state index contributed by atoms with van der Waals surface area (Å²) >= 11 is 0. The van der Waals surface area contributed by atoms with E-state index in [2.05, 4.69) is 56.1 Å². The number of hydrogen-bond acceptors (Lipinski definition) is 2. The Morgan fingerprint density at radius 3 is 0.694 bits per heavy atom. The molecular weight excluding hydrogens is 444 g/mol. The number of unbranched alkanes of at least 4 members (excludes halogenated alkanes) is 18. The maximum Gasteiger partial charge on any atom is 0.0780 e. The Hall–Kier alpha value is -0.160. The molecule has 0 radical (unpaired) electrons. The van der Waals surface area contributed by atoms with E-state index in [1.807, 2.05) is 0 Å². The molecule has 36 heavy (non-hydrogen) atoms. The van der Waals surface area contributed by atoms with Crippen molar-refractivity contribution in [3.63, 3.8) is 0 Å². The van der Waals surface area contributed by atoms with Gasteiger partial charge in [-0.2, -0.15) is 0 Å². The van der Waals surface area contributed by atoms with E-state index in [9.17, 15) is 0 Å². The summed E-state index contributed by atoms with van der Waals surface area (Å²) in [6, 6.07) is 0. The first-order valence-corrected chi connectivity index (χ1v) is 15.7. The monoisotopic (exact) mass is 519 g/mol. The third-order valence-electron chi connectivity index (χ3n) is 6.36. The lowest BCUT2D eigenvalue weighted by molar-refractivity contribution is -0.870. The molecule has 0 saturated heterocycles. The molecule has 0 aliphatic carbocycles. The van der Waals surface area contributed by atoms with Gasteiger partial charge in [0.25, 0.3) is 0 Å². The van der Waals surface area contributed by atoms with Crippen molar-refractivity contribution < 1.29 is 19.5 Å². The fraction of sp³-hybridized carbons (Fsp3) is 1.00. The van der Waals surface area contributed by atoms with Crippen molar-refractivity contribution in [1.29, 1.82) is 0 Å². The second-order valence-electron chi connectivity index (χ2n) is 12.7. The predicted molar refractivity (Wildman–Crippen MR) is 162 cm³/mol. The Kier molecular flexibility index (Phi) is 39.2. The third kappa shape index (κ3) is 54.7. The minimum absolute atomic E-state index is 0. The molecule has 0 aliphatic rings. The number of hydrogen-bond donors (Lipinski definition) is 0. The molecule has 0 aromatic heterocycles. The average molecular weight is 519 g/mol. The van der Waals surface area contributed by atoms with E-state index >= 15 is 0 Å². The molecule has 4 nitrogen and oxygen atoms in total. The highest BCUT2D eigenvalue weighted by Gasteiger charge is 2.05. The normalized spacial score (nSPS) is 11.2. The first-order valence-electron chi connectivity index (χ1n) is 15.7. The van der Waals surface area contributed by atoms with E-state index in [4.69, 9.17) is 5.11 Å². The van der Waals surface area contributed by atoms with Crippen LogP contribution >= 0.6 is 0 Å². The molecule has 0 rings (SSSR count). The van der Waals surface area contributed by atoms with E-state index in [1.165, 1.54) is 142 Å². The van der Waals surface area contributed by atoms with Gasteiger partial charge in [-0.05, 0) is 25.7 Å². The van der Waals surface area contributed by atoms with Gasteiger partial charge >= 0.3 is 0 Å². The third-order valence-corrected chi connectivity index (χ3v) is 6.36. The van der Waals surface area contributed by atoms with Crippen LogP contribution in [-0.2, 0) is 0 Å². The van der Waals surface area contributed by atoms with Gasteiger partial charge in [-0.3, -0.25) is 0 Å². The first-order chi connectivity index (χ1) is 16.5. The highest BCUT2D eigenvalue weighted by Crippen LogP contribution is 2.12. The second-order valence-corrected chi connectivity index (χ2v) is 12.7. The van der Waals surface area contributed by atoms with Gasteiger partial charge in [-0.1, -0.05) is 124 Å². The molecule has 224 valence electrons. The summed E-state index contributed by atoms with van der Waals surface area (Å²) in [5.41, 5.74) is 0. The molecule has 0 amide bonds. The van der Waals surface area contributed by atoms with Crippen molar-refractivity contribution >= 4 is 0 Å². The lowest BCUT2D eigenvalue weighted by atomic mass is 10.1. The maximum absolute atomic E-state index is 8.93. The smallest absolute Gasteiger partial charge is 0.0780 e. The molecule has 0 heterocycles. The number of rotatable bonds is 22. The molecule has 0 unspecified atom stereocenters. The quantitative estimate of drug-likeness (QED) is 0.107. The van der Waals surface area contributed by atoms with Gasteiger partial charge in [0, 0.05) is 0 Å². The van der Waals surface area contributed by atoms with Crippen molar-refractivity contribution in [2.45, 2.75) is 149 Å². The van der Waals surface area contributed by atoms with Crippen LogP contribution in [0.4, 0.5) is 0 Å². The minimum atomic E-state index is 0.